The molecule has 2 N–H and O–H groups in total. The van der Waals surface area contributed by atoms with Gasteiger partial charge in [0.05, 0.1) is 0 Å². The van der Waals surface area contributed by atoms with Crippen LogP contribution in [0.25, 0.3) is 0 Å². The summed E-state index contributed by atoms with van der Waals surface area (Å²) in [5.41, 5.74) is 6.46. The summed E-state index contributed by atoms with van der Waals surface area (Å²) in [4.78, 5) is 5.30. The molecule has 0 bridgehead atoms. The standard InChI is InChI=1S/C16H35N3/c1-5-9-19(10-6-2)16(14-17)7-11-18(12-8-16)13-15(3)4/h15H,5-14,17H2,1-4H3. The highest BCUT2D eigenvalue weighted by Crippen LogP contribution is 2.29. The zero-order valence-electron chi connectivity index (χ0n) is 13.6. The third-order valence-electron chi connectivity index (χ3n) is 4.45. The Bertz CT molecular complexity index is 226. The van der Waals surface area contributed by atoms with Crippen LogP contribution in [0.1, 0.15) is 53.4 Å². The molecule has 0 spiro atoms. The largest absolute Gasteiger partial charge is 0.329 e. The summed E-state index contributed by atoms with van der Waals surface area (Å²) in [7, 11) is 0. The van der Waals surface area contributed by atoms with Crippen LogP contribution in [0.4, 0.5) is 0 Å². The first-order valence-electron chi connectivity index (χ1n) is 8.25. The van der Waals surface area contributed by atoms with E-state index in [-0.39, 0.29) is 5.54 Å². The van der Waals surface area contributed by atoms with Crippen LogP contribution in [0.5, 0.6) is 0 Å². The minimum absolute atomic E-state index is 0.277. The van der Waals surface area contributed by atoms with Gasteiger partial charge in [0.15, 0.2) is 0 Å². The Morgan fingerprint density at radius 1 is 1.11 bits per heavy atom. The molecule has 19 heavy (non-hydrogen) atoms. The summed E-state index contributed by atoms with van der Waals surface area (Å²) in [5, 5.41) is 0. The first-order chi connectivity index (χ1) is 9.07. The molecule has 0 aliphatic carbocycles. The number of rotatable bonds is 8. The highest BCUT2D eigenvalue weighted by Gasteiger charge is 2.37. The van der Waals surface area contributed by atoms with Crippen molar-refractivity contribution < 1.29 is 0 Å². The summed E-state index contributed by atoms with van der Waals surface area (Å²) < 4.78 is 0. The van der Waals surface area contributed by atoms with Crippen molar-refractivity contribution in [2.75, 3.05) is 39.3 Å². The fourth-order valence-corrected chi connectivity index (χ4v) is 3.44. The number of nitrogens with two attached hydrogens (primary N) is 1. The lowest BCUT2D eigenvalue weighted by molar-refractivity contribution is 0.0234. The topological polar surface area (TPSA) is 32.5 Å². The monoisotopic (exact) mass is 269 g/mol. The van der Waals surface area contributed by atoms with Gasteiger partial charge in [-0.2, -0.15) is 0 Å². The highest BCUT2D eigenvalue weighted by atomic mass is 15.2. The van der Waals surface area contributed by atoms with Crippen LogP contribution in [0.2, 0.25) is 0 Å². The maximum absolute atomic E-state index is 6.19. The predicted molar refractivity (Wildman–Crippen MR) is 84.5 cm³/mol. The SMILES string of the molecule is CCCN(CCC)C1(CN)CCN(CC(C)C)CC1. The number of hydrogen-bond donors (Lipinski definition) is 1. The molecule has 0 radical (unpaired) electrons. The van der Waals surface area contributed by atoms with E-state index in [1.165, 1.54) is 58.4 Å². The smallest absolute Gasteiger partial charge is 0.0356 e. The molecule has 3 nitrogen and oxygen atoms in total. The molecule has 1 saturated heterocycles. The number of piperidine rings is 1. The third-order valence-corrected chi connectivity index (χ3v) is 4.45. The molecule has 1 aliphatic heterocycles. The number of hydrogen-bond acceptors (Lipinski definition) is 3. The van der Waals surface area contributed by atoms with Gasteiger partial charge in [-0.25, -0.2) is 0 Å². The van der Waals surface area contributed by atoms with E-state index in [2.05, 4.69) is 37.5 Å². The molecule has 0 atom stereocenters. The molecule has 0 saturated carbocycles. The lowest BCUT2D eigenvalue weighted by atomic mass is 9.85. The summed E-state index contributed by atoms with van der Waals surface area (Å²) in [6.45, 7) is 16.1. The van der Waals surface area contributed by atoms with Crippen LogP contribution in [-0.4, -0.2) is 54.6 Å². The van der Waals surface area contributed by atoms with Crippen LogP contribution in [0.3, 0.4) is 0 Å². The molecule has 0 unspecified atom stereocenters. The minimum Gasteiger partial charge on any atom is -0.329 e. The number of nitrogens with zero attached hydrogens (tertiary/aromatic N) is 2. The second-order valence-corrected chi connectivity index (χ2v) is 6.61. The van der Waals surface area contributed by atoms with Gasteiger partial charge in [0.2, 0.25) is 0 Å². The predicted octanol–water partition coefficient (Wildman–Crippen LogP) is 2.56. The van der Waals surface area contributed by atoms with E-state index in [1.54, 1.807) is 0 Å². The fraction of sp³-hybridized carbons (Fsp3) is 1.00. The van der Waals surface area contributed by atoms with E-state index >= 15 is 0 Å². The lowest BCUT2D eigenvalue weighted by Crippen LogP contribution is -2.60. The van der Waals surface area contributed by atoms with Gasteiger partial charge in [-0.1, -0.05) is 27.7 Å². The van der Waals surface area contributed by atoms with Crippen molar-refractivity contribution in [2.24, 2.45) is 11.7 Å². The van der Waals surface area contributed by atoms with Gasteiger partial charge in [-0.05, 0) is 57.8 Å². The van der Waals surface area contributed by atoms with Crippen LogP contribution in [-0.2, 0) is 0 Å². The van der Waals surface area contributed by atoms with Gasteiger partial charge in [0.1, 0.15) is 0 Å². The van der Waals surface area contributed by atoms with E-state index in [1.807, 2.05) is 0 Å². The maximum atomic E-state index is 6.19. The Morgan fingerprint density at radius 2 is 1.63 bits per heavy atom. The average molecular weight is 269 g/mol. The van der Waals surface area contributed by atoms with Gasteiger partial charge >= 0.3 is 0 Å². The van der Waals surface area contributed by atoms with Gasteiger partial charge in [-0.15, -0.1) is 0 Å². The molecular weight excluding hydrogens is 234 g/mol. The second kappa shape index (κ2) is 8.23. The van der Waals surface area contributed by atoms with Crippen LogP contribution >= 0.6 is 0 Å². The number of likely N-dealkylation sites (tertiary alicyclic amines) is 1. The van der Waals surface area contributed by atoms with Crippen LogP contribution in [0, 0.1) is 5.92 Å². The van der Waals surface area contributed by atoms with E-state index in [0.717, 1.165) is 12.5 Å². The molecule has 1 rings (SSSR count). The molecule has 0 aromatic rings. The Labute approximate surface area is 120 Å². The molecule has 3 heteroatoms. The first kappa shape index (κ1) is 16.9. The van der Waals surface area contributed by atoms with E-state index in [9.17, 15) is 0 Å². The minimum atomic E-state index is 0.277. The highest BCUT2D eigenvalue weighted by molar-refractivity contribution is 4.96. The quantitative estimate of drug-likeness (QED) is 0.735. The van der Waals surface area contributed by atoms with Gasteiger partial charge in [0, 0.05) is 18.6 Å². The van der Waals surface area contributed by atoms with E-state index in [0.29, 0.717) is 0 Å². The van der Waals surface area contributed by atoms with Crippen molar-refractivity contribution in [3.05, 3.63) is 0 Å². The van der Waals surface area contributed by atoms with Crippen molar-refractivity contribution in [1.29, 1.82) is 0 Å². The maximum Gasteiger partial charge on any atom is 0.0356 e. The van der Waals surface area contributed by atoms with E-state index < -0.39 is 0 Å². The summed E-state index contributed by atoms with van der Waals surface area (Å²) in [5.74, 6) is 0.771. The molecule has 0 aromatic carbocycles. The van der Waals surface area contributed by atoms with Crippen LogP contribution in [0.15, 0.2) is 0 Å². The van der Waals surface area contributed by atoms with Crippen molar-refractivity contribution in [2.45, 2.75) is 58.9 Å². The molecule has 0 aromatic heterocycles. The molecule has 1 heterocycles. The molecular formula is C16H35N3. The van der Waals surface area contributed by atoms with Crippen molar-refractivity contribution in [3.8, 4) is 0 Å². The van der Waals surface area contributed by atoms with Crippen LogP contribution < -0.4 is 5.73 Å². The third kappa shape index (κ3) is 4.73. The molecule has 1 aliphatic rings. The van der Waals surface area contributed by atoms with Gasteiger partial charge < -0.3 is 10.6 Å². The van der Waals surface area contributed by atoms with Gasteiger partial charge in [-0.3, -0.25) is 4.90 Å². The second-order valence-electron chi connectivity index (χ2n) is 6.61. The van der Waals surface area contributed by atoms with Crippen molar-refractivity contribution in [1.82, 2.24) is 9.80 Å². The normalized spacial score (nSPS) is 20.4. The van der Waals surface area contributed by atoms with Crippen molar-refractivity contribution in [3.63, 3.8) is 0 Å². The Kier molecular flexibility index (Phi) is 7.33. The molecule has 0 amide bonds. The van der Waals surface area contributed by atoms with Crippen molar-refractivity contribution >= 4 is 0 Å². The summed E-state index contributed by atoms with van der Waals surface area (Å²) in [6, 6.07) is 0. The molecule has 114 valence electrons. The first-order valence-corrected chi connectivity index (χ1v) is 8.25. The van der Waals surface area contributed by atoms with Gasteiger partial charge in [0.25, 0.3) is 0 Å². The average Bonchev–Trinajstić information content (AvgIpc) is 2.39. The Hall–Kier alpha value is -0.120. The fourth-order valence-electron chi connectivity index (χ4n) is 3.44. The Morgan fingerprint density at radius 3 is 2.00 bits per heavy atom. The summed E-state index contributed by atoms with van der Waals surface area (Å²) >= 11 is 0. The zero-order valence-corrected chi connectivity index (χ0v) is 13.6. The zero-order chi connectivity index (χ0) is 14.3. The lowest BCUT2D eigenvalue weighted by Gasteiger charge is -2.49. The Balaban J connectivity index is 2.61. The summed E-state index contributed by atoms with van der Waals surface area (Å²) in [6.07, 6.45) is 4.96. The van der Waals surface area contributed by atoms with E-state index in [4.69, 9.17) is 5.73 Å². The molecule has 1 fully saturated rings.